The summed E-state index contributed by atoms with van der Waals surface area (Å²) in [6, 6.07) is 4.44. The standard InChI is InChI=1S/C11H11ClFN3S/c1-6(2)10-15-11(17-16-10)14-7-3-4-9(13)8(12)5-7/h3-6H,1-2H3,(H,14,15,16). The van der Waals surface area contributed by atoms with E-state index < -0.39 is 5.82 Å². The van der Waals surface area contributed by atoms with Crippen LogP contribution in [0.15, 0.2) is 18.2 Å². The number of hydrogen-bond acceptors (Lipinski definition) is 4. The molecule has 1 aromatic carbocycles. The Balaban J connectivity index is 2.16. The number of halogens is 2. The van der Waals surface area contributed by atoms with E-state index in [0.717, 1.165) is 5.82 Å². The van der Waals surface area contributed by atoms with E-state index in [0.29, 0.717) is 16.7 Å². The fourth-order valence-corrected chi connectivity index (χ4v) is 2.13. The molecule has 0 atom stereocenters. The average molecular weight is 272 g/mol. The van der Waals surface area contributed by atoms with E-state index in [2.05, 4.69) is 14.7 Å². The Labute approximate surface area is 108 Å². The molecule has 17 heavy (non-hydrogen) atoms. The van der Waals surface area contributed by atoms with Crippen molar-refractivity contribution in [3.05, 3.63) is 34.9 Å². The molecule has 6 heteroatoms. The Hall–Kier alpha value is -1.20. The van der Waals surface area contributed by atoms with Crippen LogP contribution in [0, 0.1) is 5.82 Å². The van der Waals surface area contributed by atoms with E-state index in [1.54, 1.807) is 6.07 Å². The molecule has 0 bridgehead atoms. The number of aromatic nitrogens is 2. The number of nitrogens with one attached hydrogen (secondary N) is 1. The predicted octanol–water partition coefficient (Wildman–Crippen LogP) is 4.20. The topological polar surface area (TPSA) is 37.8 Å². The van der Waals surface area contributed by atoms with Gasteiger partial charge in [0, 0.05) is 23.1 Å². The van der Waals surface area contributed by atoms with Gasteiger partial charge in [0.1, 0.15) is 11.6 Å². The molecule has 0 saturated heterocycles. The summed E-state index contributed by atoms with van der Waals surface area (Å²) in [6.45, 7) is 4.06. The summed E-state index contributed by atoms with van der Waals surface area (Å²) in [6.07, 6.45) is 0. The van der Waals surface area contributed by atoms with Crippen molar-refractivity contribution in [3.8, 4) is 0 Å². The Morgan fingerprint density at radius 2 is 2.18 bits per heavy atom. The number of benzene rings is 1. The third-order valence-electron chi connectivity index (χ3n) is 2.13. The lowest BCUT2D eigenvalue weighted by Gasteiger charge is -2.02. The van der Waals surface area contributed by atoms with Crippen molar-refractivity contribution in [2.45, 2.75) is 19.8 Å². The smallest absolute Gasteiger partial charge is 0.207 e. The predicted molar refractivity (Wildman–Crippen MR) is 68.7 cm³/mol. The minimum atomic E-state index is -0.433. The highest BCUT2D eigenvalue weighted by molar-refractivity contribution is 7.09. The summed E-state index contributed by atoms with van der Waals surface area (Å²) in [4.78, 5) is 4.32. The molecule has 0 saturated carbocycles. The molecule has 2 aromatic rings. The van der Waals surface area contributed by atoms with Crippen molar-refractivity contribution in [1.29, 1.82) is 0 Å². The zero-order chi connectivity index (χ0) is 12.4. The van der Waals surface area contributed by atoms with Crippen molar-refractivity contribution in [2.24, 2.45) is 0 Å². The van der Waals surface area contributed by atoms with Crippen LogP contribution in [-0.4, -0.2) is 9.36 Å². The van der Waals surface area contributed by atoms with Crippen molar-refractivity contribution in [1.82, 2.24) is 9.36 Å². The molecule has 0 fully saturated rings. The van der Waals surface area contributed by atoms with Crippen LogP contribution in [0.3, 0.4) is 0 Å². The van der Waals surface area contributed by atoms with E-state index in [-0.39, 0.29) is 5.02 Å². The van der Waals surface area contributed by atoms with Gasteiger partial charge in [-0.15, -0.1) is 0 Å². The van der Waals surface area contributed by atoms with Crippen LogP contribution >= 0.6 is 23.1 Å². The minimum Gasteiger partial charge on any atom is -0.330 e. The second-order valence-electron chi connectivity index (χ2n) is 3.87. The highest BCUT2D eigenvalue weighted by Crippen LogP contribution is 2.24. The molecule has 90 valence electrons. The summed E-state index contributed by atoms with van der Waals surface area (Å²) in [7, 11) is 0. The van der Waals surface area contributed by atoms with Gasteiger partial charge in [-0.1, -0.05) is 25.4 Å². The van der Waals surface area contributed by atoms with Crippen molar-refractivity contribution >= 4 is 34.0 Å². The van der Waals surface area contributed by atoms with Gasteiger partial charge in [0.25, 0.3) is 0 Å². The van der Waals surface area contributed by atoms with Gasteiger partial charge in [-0.25, -0.2) is 9.37 Å². The molecule has 0 spiro atoms. The van der Waals surface area contributed by atoms with Crippen LogP contribution in [0.1, 0.15) is 25.6 Å². The summed E-state index contributed by atoms with van der Waals surface area (Å²) in [5, 5.41) is 3.80. The lowest BCUT2D eigenvalue weighted by atomic mass is 10.2. The number of rotatable bonds is 3. The van der Waals surface area contributed by atoms with E-state index in [4.69, 9.17) is 11.6 Å². The zero-order valence-electron chi connectivity index (χ0n) is 9.37. The lowest BCUT2D eigenvalue weighted by Crippen LogP contribution is -1.93. The average Bonchev–Trinajstić information content (AvgIpc) is 2.72. The first kappa shape index (κ1) is 12.3. The van der Waals surface area contributed by atoms with Gasteiger partial charge >= 0.3 is 0 Å². The number of nitrogens with zero attached hydrogens (tertiary/aromatic N) is 2. The normalized spacial score (nSPS) is 10.9. The van der Waals surface area contributed by atoms with Crippen LogP contribution in [-0.2, 0) is 0 Å². The van der Waals surface area contributed by atoms with E-state index in [1.807, 2.05) is 13.8 Å². The monoisotopic (exact) mass is 271 g/mol. The molecule has 0 radical (unpaired) electrons. The Morgan fingerprint density at radius 1 is 1.41 bits per heavy atom. The van der Waals surface area contributed by atoms with Gasteiger partial charge in [-0.05, 0) is 18.2 Å². The molecular weight excluding hydrogens is 261 g/mol. The molecular formula is C11H11ClFN3S. The summed E-state index contributed by atoms with van der Waals surface area (Å²) in [5.74, 6) is 0.654. The molecule has 3 nitrogen and oxygen atoms in total. The van der Waals surface area contributed by atoms with E-state index >= 15 is 0 Å². The third kappa shape index (κ3) is 2.92. The first-order valence-electron chi connectivity index (χ1n) is 5.12. The third-order valence-corrected chi connectivity index (χ3v) is 3.06. The fraction of sp³-hybridized carbons (Fsp3) is 0.273. The van der Waals surface area contributed by atoms with Crippen LogP contribution in [0.2, 0.25) is 5.02 Å². The first-order valence-corrected chi connectivity index (χ1v) is 6.27. The quantitative estimate of drug-likeness (QED) is 0.909. The largest absolute Gasteiger partial charge is 0.330 e. The van der Waals surface area contributed by atoms with Crippen LogP contribution in [0.25, 0.3) is 0 Å². The second kappa shape index (κ2) is 4.98. The number of anilines is 2. The summed E-state index contributed by atoms with van der Waals surface area (Å²) in [5.41, 5.74) is 0.697. The van der Waals surface area contributed by atoms with Crippen LogP contribution in [0.5, 0.6) is 0 Å². The van der Waals surface area contributed by atoms with Gasteiger partial charge < -0.3 is 5.32 Å². The highest BCUT2D eigenvalue weighted by Gasteiger charge is 2.08. The molecule has 0 unspecified atom stereocenters. The fourth-order valence-electron chi connectivity index (χ4n) is 1.22. The Morgan fingerprint density at radius 3 is 2.76 bits per heavy atom. The molecule has 0 aliphatic rings. The van der Waals surface area contributed by atoms with Gasteiger partial charge in [-0.3, -0.25) is 0 Å². The van der Waals surface area contributed by atoms with Gasteiger partial charge in [-0.2, -0.15) is 4.37 Å². The Bertz CT molecular complexity index is 527. The SMILES string of the molecule is CC(C)c1nsc(Nc2ccc(F)c(Cl)c2)n1. The molecule has 0 aliphatic carbocycles. The lowest BCUT2D eigenvalue weighted by molar-refractivity contribution is 0.628. The van der Waals surface area contributed by atoms with Crippen molar-refractivity contribution in [3.63, 3.8) is 0 Å². The highest BCUT2D eigenvalue weighted by atomic mass is 35.5. The zero-order valence-corrected chi connectivity index (χ0v) is 10.9. The maximum absolute atomic E-state index is 13.0. The summed E-state index contributed by atoms with van der Waals surface area (Å²) >= 11 is 6.96. The van der Waals surface area contributed by atoms with Gasteiger partial charge in [0.15, 0.2) is 0 Å². The molecule has 0 amide bonds. The Kier molecular flexibility index (Phi) is 3.59. The van der Waals surface area contributed by atoms with Gasteiger partial charge in [0.2, 0.25) is 5.13 Å². The second-order valence-corrected chi connectivity index (χ2v) is 5.03. The molecule has 1 N–H and O–H groups in total. The van der Waals surface area contributed by atoms with Crippen molar-refractivity contribution in [2.75, 3.05) is 5.32 Å². The molecule has 1 heterocycles. The molecule has 1 aromatic heterocycles. The maximum atomic E-state index is 13.0. The van der Waals surface area contributed by atoms with Crippen molar-refractivity contribution < 1.29 is 4.39 Å². The number of hydrogen-bond donors (Lipinski definition) is 1. The van der Waals surface area contributed by atoms with Crippen LogP contribution in [0.4, 0.5) is 15.2 Å². The maximum Gasteiger partial charge on any atom is 0.207 e. The molecule has 0 aliphatic heterocycles. The first-order chi connectivity index (χ1) is 8.06. The van der Waals surface area contributed by atoms with E-state index in [1.165, 1.54) is 23.7 Å². The van der Waals surface area contributed by atoms with Gasteiger partial charge in [0.05, 0.1) is 5.02 Å². The molecule has 2 rings (SSSR count). The van der Waals surface area contributed by atoms with E-state index in [9.17, 15) is 4.39 Å². The minimum absolute atomic E-state index is 0.0867. The van der Waals surface area contributed by atoms with Crippen LogP contribution < -0.4 is 5.32 Å². The summed E-state index contributed by atoms with van der Waals surface area (Å²) < 4.78 is 17.2.